The zero-order valence-corrected chi connectivity index (χ0v) is 12.3. The van der Waals surface area contributed by atoms with Gasteiger partial charge < -0.3 is 15.7 Å². The molecule has 1 saturated carbocycles. The predicted octanol–water partition coefficient (Wildman–Crippen LogP) is 3.16. The van der Waals surface area contributed by atoms with Crippen LogP contribution in [0.4, 0.5) is 10.6 Å². The van der Waals surface area contributed by atoms with Crippen LogP contribution in [-0.2, 0) is 0 Å². The Morgan fingerprint density at radius 3 is 2.70 bits per heavy atom. The summed E-state index contributed by atoms with van der Waals surface area (Å²) in [7, 11) is 0. The molecule has 2 atom stereocenters. The lowest BCUT2D eigenvalue weighted by atomic mass is 10.1. The molecule has 0 radical (unpaired) electrons. The summed E-state index contributed by atoms with van der Waals surface area (Å²) in [5.41, 5.74) is 0. The summed E-state index contributed by atoms with van der Waals surface area (Å²) < 4.78 is 0. The second-order valence-electron chi connectivity index (χ2n) is 4.84. The van der Waals surface area contributed by atoms with Gasteiger partial charge in [0.05, 0.1) is 6.20 Å². The minimum atomic E-state index is -0.987. The van der Waals surface area contributed by atoms with Crippen LogP contribution in [0.5, 0.6) is 0 Å². The molecule has 0 aliphatic heterocycles. The summed E-state index contributed by atoms with van der Waals surface area (Å²) in [6.07, 6.45) is 4.98. The van der Waals surface area contributed by atoms with Gasteiger partial charge in [0, 0.05) is 12.1 Å². The molecular weight excluding hydrogens is 303 g/mol. The fraction of sp³-hybridized carbons (Fsp3) is 0.583. The molecule has 2 rings (SSSR count). The molecule has 1 amide bonds. The van der Waals surface area contributed by atoms with E-state index in [2.05, 4.69) is 20.6 Å². The van der Waals surface area contributed by atoms with Gasteiger partial charge in [-0.25, -0.2) is 9.78 Å². The van der Waals surface area contributed by atoms with Gasteiger partial charge >= 0.3 is 6.09 Å². The van der Waals surface area contributed by atoms with Gasteiger partial charge in [0.2, 0.25) is 5.28 Å². The Balaban J connectivity index is 2.03. The van der Waals surface area contributed by atoms with Crippen LogP contribution in [0.2, 0.25) is 10.3 Å². The molecule has 0 spiro atoms. The quantitative estimate of drug-likeness (QED) is 0.588. The smallest absolute Gasteiger partial charge is 0.404 e. The number of rotatable bonds is 3. The molecule has 0 aromatic carbocycles. The number of amides is 1. The molecule has 3 N–H and O–H groups in total. The first-order valence-electron chi connectivity index (χ1n) is 6.48. The average Bonchev–Trinajstić information content (AvgIpc) is 2.58. The average molecular weight is 319 g/mol. The second kappa shape index (κ2) is 6.95. The summed E-state index contributed by atoms with van der Waals surface area (Å²) in [6, 6.07) is 0.0569. The Morgan fingerprint density at radius 2 is 2.00 bits per heavy atom. The topological polar surface area (TPSA) is 87.1 Å². The second-order valence-corrected chi connectivity index (χ2v) is 5.59. The van der Waals surface area contributed by atoms with Gasteiger partial charge in [-0.2, -0.15) is 4.98 Å². The van der Waals surface area contributed by atoms with E-state index >= 15 is 0 Å². The molecule has 1 fully saturated rings. The molecule has 110 valence electrons. The highest BCUT2D eigenvalue weighted by molar-refractivity contribution is 6.33. The highest BCUT2D eigenvalue weighted by atomic mass is 35.5. The van der Waals surface area contributed by atoms with Crippen molar-refractivity contribution in [2.24, 2.45) is 0 Å². The zero-order valence-electron chi connectivity index (χ0n) is 10.8. The summed E-state index contributed by atoms with van der Waals surface area (Å²) in [5.74, 6) is 0.493. The number of hydrogen-bond donors (Lipinski definition) is 3. The van der Waals surface area contributed by atoms with Crippen LogP contribution in [0.1, 0.15) is 32.1 Å². The van der Waals surface area contributed by atoms with Crippen molar-refractivity contribution < 1.29 is 9.90 Å². The third-order valence-electron chi connectivity index (χ3n) is 3.31. The first-order valence-corrected chi connectivity index (χ1v) is 7.24. The first-order chi connectivity index (χ1) is 9.54. The van der Waals surface area contributed by atoms with Gasteiger partial charge in [-0.05, 0) is 30.9 Å². The fourth-order valence-electron chi connectivity index (χ4n) is 2.44. The Kier molecular flexibility index (Phi) is 5.25. The number of carboxylic acid groups (broad SMARTS) is 1. The van der Waals surface area contributed by atoms with E-state index in [1.54, 1.807) is 0 Å². The molecular formula is C12H16Cl2N4O2. The van der Waals surface area contributed by atoms with Gasteiger partial charge in [0.25, 0.3) is 0 Å². The van der Waals surface area contributed by atoms with Crippen LogP contribution in [0.15, 0.2) is 6.20 Å². The monoisotopic (exact) mass is 318 g/mol. The zero-order chi connectivity index (χ0) is 14.5. The molecule has 0 saturated heterocycles. The Morgan fingerprint density at radius 1 is 1.30 bits per heavy atom. The number of carbonyl (C=O) groups is 1. The normalized spacial score (nSPS) is 22.9. The van der Waals surface area contributed by atoms with E-state index in [0.717, 1.165) is 25.7 Å². The van der Waals surface area contributed by atoms with Crippen molar-refractivity contribution in [3.63, 3.8) is 0 Å². The molecule has 1 aliphatic carbocycles. The summed E-state index contributed by atoms with van der Waals surface area (Å²) in [6.45, 7) is 0. The Labute approximate surface area is 126 Å². The standard InChI is InChI=1S/C12H16Cl2N4O2/c13-9-6-15-11(14)18-10(9)16-7-3-1-2-4-8(5-7)17-12(19)20/h6-8,17H,1-5H2,(H,19,20)(H,15,16,18). The van der Waals surface area contributed by atoms with Gasteiger partial charge in [0.1, 0.15) is 10.8 Å². The number of anilines is 1. The highest BCUT2D eigenvalue weighted by Gasteiger charge is 2.22. The minimum absolute atomic E-state index is 0.0522. The predicted molar refractivity (Wildman–Crippen MR) is 77.5 cm³/mol. The van der Waals surface area contributed by atoms with Crippen LogP contribution in [-0.4, -0.2) is 33.3 Å². The molecule has 6 nitrogen and oxygen atoms in total. The van der Waals surface area contributed by atoms with Crippen LogP contribution >= 0.6 is 23.2 Å². The minimum Gasteiger partial charge on any atom is -0.465 e. The molecule has 1 heterocycles. The SMILES string of the molecule is O=C(O)NC1CCCCC(Nc2nc(Cl)ncc2Cl)C1. The maximum Gasteiger partial charge on any atom is 0.404 e. The molecule has 1 aromatic heterocycles. The van der Waals surface area contributed by atoms with E-state index in [0.29, 0.717) is 17.3 Å². The van der Waals surface area contributed by atoms with Gasteiger partial charge in [-0.15, -0.1) is 0 Å². The Hall–Kier alpha value is -1.27. The number of hydrogen-bond acceptors (Lipinski definition) is 4. The van der Waals surface area contributed by atoms with Gasteiger partial charge in [0.15, 0.2) is 0 Å². The largest absolute Gasteiger partial charge is 0.465 e. The van der Waals surface area contributed by atoms with E-state index in [9.17, 15) is 4.79 Å². The van der Waals surface area contributed by atoms with Crippen molar-refractivity contribution in [1.82, 2.24) is 15.3 Å². The maximum absolute atomic E-state index is 10.8. The van der Waals surface area contributed by atoms with Crippen molar-refractivity contribution in [3.8, 4) is 0 Å². The van der Waals surface area contributed by atoms with Crippen molar-refractivity contribution in [3.05, 3.63) is 16.5 Å². The third-order valence-corrected chi connectivity index (χ3v) is 3.77. The summed E-state index contributed by atoms with van der Waals surface area (Å²) >= 11 is 11.8. The van der Waals surface area contributed by atoms with Gasteiger partial charge in [-0.3, -0.25) is 0 Å². The van der Waals surface area contributed by atoms with Crippen LogP contribution in [0, 0.1) is 0 Å². The number of nitrogens with zero attached hydrogens (tertiary/aromatic N) is 2. The lowest BCUT2D eigenvalue weighted by Gasteiger charge is -2.22. The molecule has 0 bridgehead atoms. The van der Waals surface area contributed by atoms with Crippen LogP contribution < -0.4 is 10.6 Å². The van der Waals surface area contributed by atoms with Gasteiger partial charge in [-0.1, -0.05) is 24.4 Å². The van der Waals surface area contributed by atoms with Crippen molar-refractivity contribution in [2.45, 2.75) is 44.2 Å². The van der Waals surface area contributed by atoms with Crippen molar-refractivity contribution in [1.29, 1.82) is 0 Å². The highest BCUT2D eigenvalue weighted by Crippen LogP contribution is 2.25. The van der Waals surface area contributed by atoms with Crippen molar-refractivity contribution in [2.75, 3.05) is 5.32 Å². The van der Waals surface area contributed by atoms with E-state index in [1.807, 2.05) is 0 Å². The first kappa shape index (κ1) is 15.1. The third kappa shape index (κ3) is 4.38. The maximum atomic E-state index is 10.8. The lowest BCUT2D eigenvalue weighted by Crippen LogP contribution is -2.37. The number of nitrogens with one attached hydrogen (secondary N) is 2. The molecule has 1 aromatic rings. The number of aromatic nitrogens is 2. The molecule has 8 heteroatoms. The lowest BCUT2D eigenvalue weighted by molar-refractivity contribution is 0.188. The molecule has 2 unspecified atom stereocenters. The number of halogens is 2. The summed E-state index contributed by atoms with van der Waals surface area (Å²) in [4.78, 5) is 18.6. The van der Waals surface area contributed by atoms with E-state index < -0.39 is 6.09 Å². The molecule has 20 heavy (non-hydrogen) atoms. The van der Waals surface area contributed by atoms with E-state index in [1.165, 1.54) is 6.20 Å². The van der Waals surface area contributed by atoms with Crippen LogP contribution in [0.3, 0.4) is 0 Å². The van der Waals surface area contributed by atoms with Crippen molar-refractivity contribution >= 4 is 35.1 Å². The summed E-state index contributed by atoms with van der Waals surface area (Å²) in [5, 5.41) is 15.1. The Bertz CT molecular complexity index is 487. The van der Waals surface area contributed by atoms with E-state index in [4.69, 9.17) is 28.3 Å². The fourth-order valence-corrected chi connectivity index (χ4v) is 2.72. The molecule has 1 aliphatic rings. The van der Waals surface area contributed by atoms with E-state index in [-0.39, 0.29) is 17.4 Å². The van der Waals surface area contributed by atoms with Crippen LogP contribution in [0.25, 0.3) is 0 Å².